The Hall–Kier alpha value is -2.19. The monoisotopic (exact) mass is 681 g/mol. The van der Waals surface area contributed by atoms with Crippen molar-refractivity contribution in [1.82, 2.24) is 0 Å². The molecule has 0 aliphatic rings. The molecule has 2 unspecified atom stereocenters. The molecule has 2 atom stereocenters. The number of hydrogen-bond acceptors (Lipinski definition) is 6. The molecule has 0 amide bonds. The standard InChI is InChI=1S/C40H73NO7/c1-6-8-10-12-14-15-16-17-18-19-20-21-22-23-25-27-29-31-39(43)48-36(34-46-33-32-37(40(44)45)41(3,4)5)35-47-38(42)30-28-26-24-13-11-9-7-2/h17-18,24,26,36-37H,6-16,19-23,25,27-35H2,1-5H3/p+1/b18-17+,26-24+. The number of aliphatic carboxylic acids is 1. The number of quaternary nitrogens is 1. The van der Waals surface area contributed by atoms with E-state index in [4.69, 9.17) is 14.2 Å². The predicted octanol–water partition coefficient (Wildman–Crippen LogP) is 9.74. The van der Waals surface area contributed by atoms with Crippen molar-refractivity contribution < 1.29 is 38.2 Å². The first-order chi connectivity index (χ1) is 23.1. The van der Waals surface area contributed by atoms with Crippen LogP contribution in [0.4, 0.5) is 0 Å². The smallest absolute Gasteiger partial charge is 0.362 e. The average molecular weight is 681 g/mol. The van der Waals surface area contributed by atoms with Gasteiger partial charge in [-0.05, 0) is 51.4 Å². The SMILES string of the molecule is CCCCC/C=C/CCC(=O)OCC(COCCC(C(=O)O)[N+](C)(C)C)OC(=O)CCCCCCCCC/C=C/CCCCCCCC. The highest BCUT2D eigenvalue weighted by molar-refractivity contribution is 5.72. The van der Waals surface area contributed by atoms with Crippen molar-refractivity contribution in [2.45, 2.75) is 174 Å². The number of carboxylic acid groups (broad SMARTS) is 1. The van der Waals surface area contributed by atoms with E-state index in [9.17, 15) is 19.5 Å². The molecule has 0 aromatic heterocycles. The Kier molecular flexibility index (Phi) is 30.6. The van der Waals surface area contributed by atoms with Crippen LogP contribution in [0.1, 0.15) is 162 Å². The summed E-state index contributed by atoms with van der Waals surface area (Å²) in [5.74, 6) is -1.54. The van der Waals surface area contributed by atoms with Crippen LogP contribution in [0.3, 0.4) is 0 Å². The van der Waals surface area contributed by atoms with Gasteiger partial charge < -0.3 is 23.8 Å². The topological polar surface area (TPSA) is 99.1 Å². The van der Waals surface area contributed by atoms with Gasteiger partial charge in [0.2, 0.25) is 0 Å². The van der Waals surface area contributed by atoms with Crippen molar-refractivity contribution in [3.63, 3.8) is 0 Å². The summed E-state index contributed by atoms with van der Waals surface area (Å²) in [5, 5.41) is 9.56. The molecule has 48 heavy (non-hydrogen) atoms. The molecule has 0 saturated heterocycles. The zero-order valence-corrected chi connectivity index (χ0v) is 31.7. The van der Waals surface area contributed by atoms with Crippen LogP contribution in [0.5, 0.6) is 0 Å². The maximum absolute atomic E-state index is 12.6. The third-order valence-electron chi connectivity index (χ3n) is 8.59. The summed E-state index contributed by atoms with van der Waals surface area (Å²) in [6, 6.07) is -0.615. The Balaban J connectivity index is 4.35. The summed E-state index contributed by atoms with van der Waals surface area (Å²) in [6.45, 7) is 4.61. The van der Waals surface area contributed by atoms with E-state index in [1.807, 2.05) is 27.2 Å². The zero-order valence-electron chi connectivity index (χ0n) is 31.7. The molecule has 0 bridgehead atoms. The number of esters is 2. The first kappa shape index (κ1) is 45.8. The zero-order chi connectivity index (χ0) is 35.7. The number of likely N-dealkylation sites (N-methyl/N-ethyl adjacent to an activating group) is 1. The summed E-state index contributed by atoms with van der Waals surface area (Å²) in [5.41, 5.74) is 0. The Bertz CT molecular complexity index is 849. The van der Waals surface area contributed by atoms with Gasteiger partial charge in [0.15, 0.2) is 12.1 Å². The molecule has 0 aliphatic carbocycles. The van der Waals surface area contributed by atoms with Crippen molar-refractivity contribution in [1.29, 1.82) is 0 Å². The Morgan fingerprint density at radius 2 is 1.08 bits per heavy atom. The second kappa shape index (κ2) is 32.0. The van der Waals surface area contributed by atoms with Crippen LogP contribution in [-0.4, -0.2) is 80.6 Å². The van der Waals surface area contributed by atoms with E-state index >= 15 is 0 Å². The summed E-state index contributed by atoms with van der Waals surface area (Å²) >= 11 is 0. The van der Waals surface area contributed by atoms with Crippen molar-refractivity contribution in [2.75, 3.05) is 41.0 Å². The van der Waals surface area contributed by atoms with Crippen LogP contribution in [0.25, 0.3) is 0 Å². The highest BCUT2D eigenvalue weighted by atomic mass is 16.6. The molecular weight excluding hydrogens is 606 g/mol. The molecule has 0 aromatic carbocycles. The molecule has 0 aromatic rings. The van der Waals surface area contributed by atoms with E-state index in [1.54, 1.807) is 0 Å². The quantitative estimate of drug-likeness (QED) is 0.0313. The molecular formula is C40H74NO7+. The number of unbranched alkanes of at least 4 members (excludes halogenated alkanes) is 16. The van der Waals surface area contributed by atoms with Crippen molar-refractivity contribution in [2.24, 2.45) is 0 Å². The number of hydrogen-bond donors (Lipinski definition) is 1. The van der Waals surface area contributed by atoms with Crippen molar-refractivity contribution in [3.8, 4) is 0 Å². The van der Waals surface area contributed by atoms with E-state index in [0.717, 1.165) is 32.1 Å². The molecule has 0 aliphatic heterocycles. The van der Waals surface area contributed by atoms with E-state index in [1.165, 1.54) is 89.9 Å². The largest absolute Gasteiger partial charge is 0.477 e. The first-order valence-electron chi connectivity index (χ1n) is 19.4. The number of carbonyl (C=O) groups excluding carboxylic acids is 2. The highest BCUT2D eigenvalue weighted by Gasteiger charge is 2.31. The van der Waals surface area contributed by atoms with Gasteiger partial charge in [-0.2, -0.15) is 0 Å². The molecule has 0 spiro atoms. The second-order valence-electron chi connectivity index (χ2n) is 14.2. The first-order valence-corrected chi connectivity index (χ1v) is 19.4. The van der Waals surface area contributed by atoms with Crippen LogP contribution in [0.2, 0.25) is 0 Å². The molecule has 8 heteroatoms. The minimum Gasteiger partial charge on any atom is -0.477 e. The van der Waals surface area contributed by atoms with Crippen LogP contribution in [0.15, 0.2) is 24.3 Å². The van der Waals surface area contributed by atoms with Crippen molar-refractivity contribution >= 4 is 17.9 Å². The van der Waals surface area contributed by atoms with Gasteiger partial charge in [-0.3, -0.25) is 9.59 Å². The fourth-order valence-electron chi connectivity index (χ4n) is 5.51. The number of allylic oxidation sites excluding steroid dienone is 4. The molecule has 280 valence electrons. The second-order valence-corrected chi connectivity index (χ2v) is 14.2. The fourth-order valence-corrected chi connectivity index (χ4v) is 5.51. The molecule has 0 radical (unpaired) electrons. The van der Waals surface area contributed by atoms with Crippen LogP contribution < -0.4 is 0 Å². The molecule has 0 rings (SSSR count). The third kappa shape index (κ3) is 29.9. The summed E-state index contributed by atoms with van der Waals surface area (Å²) in [4.78, 5) is 36.6. The lowest BCUT2D eigenvalue weighted by molar-refractivity contribution is -0.887. The van der Waals surface area contributed by atoms with Gasteiger partial charge in [0.25, 0.3) is 0 Å². The number of ether oxygens (including phenoxy) is 3. The normalized spacial score (nSPS) is 13.3. The maximum Gasteiger partial charge on any atom is 0.362 e. The Morgan fingerprint density at radius 1 is 0.604 bits per heavy atom. The molecule has 0 fully saturated rings. The van der Waals surface area contributed by atoms with Gasteiger partial charge in [-0.1, -0.05) is 115 Å². The number of carbonyl (C=O) groups is 3. The van der Waals surface area contributed by atoms with E-state index in [0.29, 0.717) is 19.3 Å². The van der Waals surface area contributed by atoms with Gasteiger partial charge in [0.1, 0.15) is 6.61 Å². The van der Waals surface area contributed by atoms with E-state index in [-0.39, 0.29) is 42.7 Å². The molecule has 0 saturated carbocycles. The molecule has 0 heterocycles. The minimum absolute atomic E-state index is 0.0497. The van der Waals surface area contributed by atoms with Gasteiger partial charge in [-0.15, -0.1) is 0 Å². The highest BCUT2D eigenvalue weighted by Crippen LogP contribution is 2.13. The number of nitrogens with zero attached hydrogens (tertiary/aromatic N) is 1. The van der Waals surface area contributed by atoms with Crippen LogP contribution in [0, 0.1) is 0 Å². The third-order valence-corrected chi connectivity index (χ3v) is 8.59. The summed E-state index contributed by atoms with van der Waals surface area (Å²) in [6.07, 6.45) is 32.5. The van der Waals surface area contributed by atoms with Crippen LogP contribution in [-0.2, 0) is 28.6 Å². The summed E-state index contributed by atoms with van der Waals surface area (Å²) < 4.78 is 17.1. The van der Waals surface area contributed by atoms with Gasteiger partial charge in [0, 0.05) is 19.3 Å². The summed E-state index contributed by atoms with van der Waals surface area (Å²) in [7, 11) is 5.50. The molecule has 1 N–H and O–H groups in total. The Morgan fingerprint density at radius 3 is 1.62 bits per heavy atom. The van der Waals surface area contributed by atoms with Gasteiger partial charge in [0.05, 0.1) is 34.4 Å². The van der Waals surface area contributed by atoms with Gasteiger partial charge in [-0.25, -0.2) is 4.79 Å². The van der Waals surface area contributed by atoms with Crippen LogP contribution >= 0.6 is 0 Å². The Labute approximate surface area is 294 Å². The predicted molar refractivity (Wildman–Crippen MR) is 197 cm³/mol. The number of carboxylic acids is 1. The lowest BCUT2D eigenvalue weighted by Crippen LogP contribution is -2.50. The minimum atomic E-state index is -0.881. The average Bonchev–Trinajstić information content (AvgIpc) is 3.03. The maximum atomic E-state index is 12.6. The number of rotatable bonds is 34. The van der Waals surface area contributed by atoms with E-state index in [2.05, 4.69) is 32.1 Å². The van der Waals surface area contributed by atoms with Crippen molar-refractivity contribution in [3.05, 3.63) is 24.3 Å². The lowest BCUT2D eigenvalue weighted by atomic mass is 10.1. The van der Waals surface area contributed by atoms with E-state index < -0.39 is 18.1 Å². The lowest BCUT2D eigenvalue weighted by Gasteiger charge is -2.31. The van der Waals surface area contributed by atoms with Gasteiger partial charge >= 0.3 is 17.9 Å². The fraction of sp³-hybridized carbons (Fsp3) is 0.825. The molecule has 8 nitrogen and oxygen atoms in total.